The Bertz CT molecular complexity index is 480. The fourth-order valence-corrected chi connectivity index (χ4v) is 3.47. The quantitative estimate of drug-likeness (QED) is 0.811. The molecule has 0 N–H and O–H groups in total. The highest BCUT2D eigenvalue weighted by Crippen LogP contribution is 2.32. The number of fused-ring (bicyclic) bond motifs is 1. The van der Waals surface area contributed by atoms with E-state index in [1.54, 1.807) is 7.11 Å². The smallest absolute Gasteiger partial charge is 0.227 e. The monoisotopic (exact) mass is 289 g/mol. The van der Waals surface area contributed by atoms with Gasteiger partial charge in [-0.05, 0) is 24.5 Å². The largest absolute Gasteiger partial charge is 0.383 e. The molecule has 2 aliphatic rings. The number of hydrogen-bond donors (Lipinski definition) is 0. The van der Waals surface area contributed by atoms with Crippen molar-refractivity contribution in [1.82, 2.24) is 14.8 Å². The Morgan fingerprint density at radius 3 is 3.05 bits per heavy atom. The maximum atomic E-state index is 12.5. The first-order chi connectivity index (χ1) is 10.3. The topological polar surface area (TPSA) is 45.7 Å². The lowest BCUT2D eigenvalue weighted by Gasteiger charge is -2.33. The predicted molar refractivity (Wildman–Crippen MR) is 79.6 cm³/mol. The van der Waals surface area contributed by atoms with E-state index < -0.39 is 0 Å². The zero-order chi connectivity index (χ0) is 14.7. The number of methoxy groups -OCH3 is 1. The number of aromatic nitrogens is 1. The fraction of sp³-hybridized carbons (Fsp3) is 0.625. The fourth-order valence-electron chi connectivity index (χ4n) is 3.47. The Morgan fingerprint density at radius 2 is 2.29 bits per heavy atom. The van der Waals surface area contributed by atoms with Crippen molar-refractivity contribution >= 4 is 5.91 Å². The molecule has 0 aromatic carbocycles. The van der Waals surface area contributed by atoms with Crippen LogP contribution in [0, 0.1) is 11.8 Å². The Balaban J connectivity index is 1.59. The van der Waals surface area contributed by atoms with Crippen LogP contribution in [0.15, 0.2) is 24.4 Å². The summed E-state index contributed by atoms with van der Waals surface area (Å²) in [6.07, 6.45) is 2.94. The molecule has 1 amide bonds. The zero-order valence-corrected chi connectivity index (χ0v) is 12.6. The lowest BCUT2D eigenvalue weighted by atomic mass is 9.88. The maximum Gasteiger partial charge on any atom is 0.227 e. The summed E-state index contributed by atoms with van der Waals surface area (Å²) in [7, 11) is 1.68. The van der Waals surface area contributed by atoms with Gasteiger partial charge in [-0.2, -0.15) is 0 Å². The van der Waals surface area contributed by atoms with Crippen molar-refractivity contribution in [1.29, 1.82) is 0 Å². The van der Waals surface area contributed by atoms with Gasteiger partial charge in [-0.15, -0.1) is 0 Å². The second-order valence-electron chi connectivity index (χ2n) is 5.99. The van der Waals surface area contributed by atoms with Crippen molar-refractivity contribution in [2.45, 2.75) is 13.0 Å². The van der Waals surface area contributed by atoms with Gasteiger partial charge in [-0.1, -0.05) is 6.07 Å². The van der Waals surface area contributed by atoms with Gasteiger partial charge in [0.25, 0.3) is 0 Å². The second kappa shape index (κ2) is 6.54. The van der Waals surface area contributed by atoms with Crippen molar-refractivity contribution in [3.8, 4) is 0 Å². The molecule has 0 spiro atoms. The van der Waals surface area contributed by atoms with E-state index in [1.165, 1.54) is 0 Å². The van der Waals surface area contributed by atoms with Crippen LogP contribution in [0.3, 0.4) is 0 Å². The van der Waals surface area contributed by atoms with Gasteiger partial charge in [0.15, 0.2) is 0 Å². The Labute approximate surface area is 125 Å². The van der Waals surface area contributed by atoms with Gasteiger partial charge in [-0.25, -0.2) is 0 Å². The van der Waals surface area contributed by atoms with Crippen LogP contribution in [0.2, 0.25) is 0 Å². The maximum absolute atomic E-state index is 12.5. The minimum atomic E-state index is 0.166. The number of hydrogen-bond acceptors (Lipinski definition) is 4. The van der Waals surface area contributed by atoms with Gasteiger partial charge in [0, 0.05) is 46.0 Å². The molecule has 2 atom stereocenters. The summed E-state index contributed by atoms with van der Waals surface area (Å²) in [5, 5.41) is 0. The number of likely N-dealkylation sites (tertiary alicyclic amines) is 2. The van der Waals surface area contributed by atoms with Crippen LogP contribution in [-0.4, -0.2) is 60.6 Å². The van der Waals surface area contributed by atoms with Gasteiger partial charge in [-0.3, -0.25) is 14.7 Å². The lowest BCUT2D eigenvalue weighted by Crippen LogP contribution is -2.46. The number of nitrogens with zero attached hydrogens (tertiary/aromatic N) is 3. The van der Waals surface area contributed by atoms with Crippen molar-refractivity contribution in [2.75, 3.05) is 39.9 Å². The molecule has 3 heterocycles. The summed E-state index contributed by atoms with van der Waals surface area (Å²) >= 11 is 0. The molecule has 5 heteroatoms. The predicted octanol–water partition coefficient (Wildman–Crippen LogP) is 1.01. The molecule has 21 heavy (non-hydrogen) atoms. The van der Waals surface area contributed by atoms with E-state index in [9.17, 15) is 4.79 Å². The van der Waals surface area contributed by atoms with Crippen LogP contribution in [-0.2, 0) is 16.1 Å². The number of rotatable bonds is 5. The number of ether oxygens (including phenoxy) is 1. The summed E-state index contributed by atoms with van der Waals surface area (Å²) in [4.78, 5) is 21.3. The van der Waals surface area contributed by atoms with E-state index in [2.05, 4.69) is 16.0 Å². The average Bonchev–Trinajstić information content (AvgIpc) is 2.91. The van der Waals surface area contributed by atoms with Crippen LogP contribution in [0.1, 0.15) is 12.1 Å². The first-order valence-corrected chi connectivity index (χ1v) is 7.68. The van der Waals surface area contributed by atoms with E-state index in [0.717, 1.165) is 44.8 Å². The molecule has 0 bridgehead atoms. The van der Waals surface area contributed by atoms with Gasteiger partial charge >= 0.3 is 0 Å². The third kappa shape index (κ3) is 3.24. The standard InChI is InChI=1S/C16H23N3O2/c1-21-9-8-19-7-5-13-10-18(12-15(13)16(19)20)11-14-4-2-3-6-17-14/h2-4,6,13,15H,5,7-12H2,1H3/t13-,15-/m0/s1. The molecule has 0 radical (unpaired) electrons. The molecule has 5 nitrogen and oxygen atoms in total. The highest BCUT2D eigenvalue weighted by atomic mass is 16.5. The first-order valence-electron chi connectivity index (χ1n) is 7.68. The van der Waals surface area contributed by atoms with E-state index in [4.69, 9.17) is 4.74 Å². The Kier molecular flexibility index (Phi) is 4.51. The van der Waals surface area contributed by atoms with Gasteiger partial charge in [0.05, 0.1) is 18.2 Å². The lowest BCUT2D eigenvalue weighted by molar-refractivity contribution is -0.140. The third-order valence-corrected chi connectivity index (χ3v) is 4.59. The molecule has 1 aromatic rings. The van der Waals surface area contributed by atoms with Crippen molar-refractivity contribution in [2.24, 2.45) is 11.8 Å². The Hall–Kier alpha value is -1.46. The van der Waals surface area contributed by atoms with E-state index in [-0.39, 0.29) is 5.92 Å². The van der Waals surface area contributed by atoms with E-state index in [1.807, 2.05) is 23.2 Å². The van der Waals surface area contributed by atoms with Crippen LogP contribution in [0.5, 0.6) is 0 Å². The number of carbonyl (C=O) groups excluding carboxylic acids is 1. The van der Waals surface area contributed by atoms with Crippen LogP contribution >= 0.6 is 0 Å². The highest BCUT2D eigenvalue weighted by Gasteiger charge is 2.42. The average molecular weight is 289 g/mol. The van der Waals surface area contributed by atoms with Crippen molar-refractivity contribution in [3.63, 3.8) is 0 Å². The molecule has 0 unspecified atom stereocenters. The molecule has 2 fully saturated rings. The number of carbonyl (C=O) groups is 1. The van der Waals surface area contributed by atoms with E-state index >= 15 is 0 Å². The summed E-state index contributed by atoms with van der Waals surface area (Å²) in [5.74, 6) is 0.992. The third-order valence-electron chi connectivity index (χ3n) is 4.59. The number of amides is 1. The van der Waals surface area contributed by atoms with Gasteiger partial charge in [0.1, 0.15) is 0 Å². The summed E-state index contributed by atoms with van der Waals surface area (Å²) < 4.78 is 5.09. The molecule has 2 saturated heterocycles. The van der Waals surface area contributed by atoms with Crippen LogP contribution < -0.4 is 0 Å². The normalized spacial score (nSPS) is 26.1. The minimum absolute atomic E-state index is 0.166. The molecule has 1 aromatic heterocycles. The number of piperidine rings is 1. The number of pyridine rings is 1. The summed E-state index contributed by atoms with van der Waals surface area (Å²) in [6, 6.07) is 6.00. The molecule has 0 aliphatic carbocycles. The second-order valence-corrected chi connectivity index (χ2v) is 5.99. The minimum Gasteiger partial charge on any atom is -0.383 e. The molecular weight excluding hydrogens is 266 g/mol. The van der Waals surface area contributed by atoms with Crippen LogP contribution in [0.25, 0.3) is 0 Å². The Morgan fingerprint density at radius 1 is 1.38 bits per heavy atom. The molecular formula is C16H23N3O2. The summed E-state index contributed by atoms with van der Waals surface area (Å²) in [5.41, 5.74) is 1.08. The van der Waals surface area contributed by atoms with Gasteiger partial charge < -0.3 is 9.64 Å². The van der Waals surface area contributed by atoms with Crippen LogP contribution in [0.4, 0.5) is 0 Å². The van der Waals surface area contributed by atoms with Crippen molar-refractivity contribution in [3.05, 3.63) is 30.1 Å². The zero-order valence-electron chi connectivity index (χ0n) is 12.6. The molecule has 2 aliphatic heterocycles. The highest BCUT2D eigenvalue weighted by molar-refractivity contribution is 5.80. The molecule has 114 valence electrons. The van der Waals surface area contributed by atoms with Gasteiger partial charge in [0.2, 0.25) is 5.91 Å². The molecule has 3 rings (SSSR count). The molecule has 0 saturated carbocycles. The van der Waals surface area contributed by atoms with Crippen molar-refractivity contribution < 1.29 is 9.53 Å². The first kappa shape index (κ1) is 14.5. The summed E-state index contributed by atoms with van der Waals surface area (Å²) in [6.45, 7) is 4.95. The SMILES string of the molecule is COCCN1CC[C@H]2CN(Cc3ccccn3)C[C@@H]2C1=O. The van der Waals surface area contributed by atoms with E-state index in [0.29, 0.717) is 18.4 Å².